The van der Waals surface area contributed by atoms with Gasteiger partial charge in [-0.1, -0.05) is 26.3 Å². The van der Waals surface area contributed by atoms with Gasteiger partial charge in [-0.2, -0.15) is 5.26 Å². The number of nitrogens with zero attached hydrogens (tertiary/aromatic N) is 1. The van der Waals surface area contributed by atoms with E-state index in [1.54, 1.807) is 0 Å². The standard InChI is InChI=1S/C8H13N/c1-3-5-6-8(4-2)7-9/h6H,3-5H2,1-2H3/b8-6-. The summed E-state index contributed by atoms with van der Waals surface area (Å²) in [6.07, 6.45) is 5.05. The molecular weight excluding hydrogens is 110 g/mol. The first-order chi connectivity index (χ1) is 4.35. The summed E-state index contributed by atoms with van der Waals surface area (Å²) in [5, 5.41) is 8.43. The lowest BCUT2D eigenvalue weighted by Crippen LogP contribution is -1.73. The van der Waals surface area contributed by atoms with Crippen molar-refractivity contribution in [2.45, 2.75) is 33.1 Å². The fraction of sp³-hybridized carbons (Fsp3) is 0.625. The molecule has 0 saturated heterocycles. The summed E-state index contributed by atoms with van der Waals surface area (Å²) in [6.45, 7) is 4.12. The second-order valence-electron chi connectivity index (χ2n) is 1.98. The maximum absolute atomic E-state index is 8.43. The quantitative estimate of drug-likeness (QED) is 0.529. The number of hydrogen-bond donors (Lipinski definition) is 0. The minimum Gasteiger partial charge on any atom is -0.193 e. The van der Waals surface area contributed by atoms with E-state index in [9.17, 15) is 0 Å². The van der Waals surface area contributed by atoms with Crippen LogP contribution in [0.4, 0.5) is 0 Å². The van der Waals surface area contributed by atoms with Crippen molar-refractivity contribution in [2.75, 3.05) is 0 Å². The molecule has 50 valence electrons. The summed E-state index contributed by atoms with van der Waals surface area (Å²) < 4.78 is 0. The summed E-state index contributed by atoms with van der Waals surface area (Å²) >= 11 is 0. The molecule has 0 aromatic carbocycles. The Morgan fingerprint density at radius 2 is 2.22 bits per heavy atom. The van der Waals surface area contributed by atoms with Crippen LogP contribution in [0.5, 0.6) is 0 Å². The summed E-state index contributed by atoms with van der Waals surface area (Å²) in [6, 6.07) is 2.15. The first-order valence-corrected chi connectivity index (χ1v) is 3.44. The van der Waals surface area contributed by atoms with Gasteiger partial charge >= 0.3 is 0 Å². The number of unbranched alkanes of at least 4 members (excludes halogenated alkanes) is 1. The zero-order valence-corrected chi connectivity index (χ0v) is 6.15. The highest BCUT2D eigenvalue weighted by atomic mass is 14.2. The van der Waals surface area contributed by atoms with Crippen molar-refractivity contribution in [3.8, 4) is 6.07 Å². The molecule has 0 aliphatic carbocycles. The van der Waals surface area contributed by atoms with Crippen molar-refractivity contribution in [3.63, 3.8) is 0 Å². The lowest BCUT2D eigenvalue weighted by Gasteiger charge is -1.88. The Morgan fingerprint density at radius 1 is 1.56 bits per heavy atom. The maximum Gasteiger partial charge on any atom is 0.0943 e. The van der Waals surface area contributed by atoms with Gasteiger partial charge in [0, 0.05) is 5.57 Å². The zero-order valence-electron chi connectivity index (χ0n) is 6.15. The predicted molar refractivity (Wildman–Crippen MR) is 38.9 cm³/mol. The maximum atomic E-state index is 8.43. The van der Waals surface area contributed by atoms with E-state index in [2.05, 4.69) is 13.0 Å². The van der Waals surface area contributed by atoms with Gasteiger partial charge in [-0.25, -0.2) is 0 Å². The van der Waals surface area contributed by atoms with Gasteiger partial charge in [-0.15, -0.1) is 0 Å². The van der Waals surface area contributed by atoms with Crippen molar-refractivity contribution < 1.29 is 0 Å². The third-order valence-corrected chi connectivity index (χ3v) is 1.20. The van der Waals surface area contributed by atoms with Crippen LogP contribution in [0.1, 0.15) is 33.1 Å². The van der Waals surface area contributed by atoms with E-state index >= 15 is 0 Å². The van der Waals surface area contributed by atoms with Crippen LogP contribution in [0, 0.1) is 11.3 Å². The molecular formula is C8H13N. The van der Waals surface area contributed by atoms with E-state index in [1.807, 2.05) is 13.0 Å². The van der Waals surface area contributed by atoms with E-state index in [1.165, 1.54) is 0 Å². The molecule has 0 aliphatic rings. The van der Waals surface area contributed by atoms with Crippen LogP contribution in [0.25, 0.3) is 0 Å². The van der Waals surface area contributed by atoms with Crippen LogP contribution in [0.15, 0.2) is 11.6 Å². The highest BCUT2D eigenvalue weighted by molar-refractivity contribution is 5.19. The molecule has 0 atom stereocenters. The van der Waals surface area contributed by atoms with E-state index in [0.29, 0.717) is 0 Å². The Morgan fingerprint density at radius 3 is 2.56 bits per heavy atom. The van der Waals surface area contributed by atoms with Crippen molar-refractivity contribution in [3.05, 3.63) is 11.6 Å². The molecule has 1 heteroatoms. The molecule has 0 aromatic rings. The Kier molecular flexibility index (Phi) is 4.91. The number of hydrogen-bond acceptors (Lipinski definition) is 1. The molecule has 1 nitrogen and oxygen atoms in total. The van der Waals surface area contributed by atoms with Gasteiger partial charge in [-0.05, 0) is 12.8 Å². The fourth-order valence-electron chi connectivity index (χ4n) is 0.588. The van der Waals surface area contributed by atoms with Crippen molar-refractivity contribution in [1.29, 1.82) is 5.26 Å². The fourth-order valence-corrected chi connectivity index (χ4v) is 0.588. The summed E-state index contributed by atoms with van der Waals surface area (Å²) in [4.78, 5) is 0. The summed E-state index contributed by atoms with van der Waals surface area (Å²) in [5.41, 5.74) is 0.914. The molecule has 0 aromatic heterocycles. The SMILES string of the molecule is CCC/C=C(\C#N)CC. The number of rotatable bonds is 3. The molecule has 0 bridgehead atoms. The summed E-state index contributed by atoms with van der Waals surface area (Å²) in [7, 11) is 0. The first-order valence-electron chi connectivity index (χ1n) is 3.44. The molecule has 0 radical (unpaired) electrons. The number of allylic oxidation sites excluding steroid dienone is 2. The second kappa shape index (κ2) is 5.37. The highest BCUT2D eigenvalue weighted by Gasteiger charge is 1.86. The molecule has 0 rings (SSSR count). The Hall–Kier alpha value is -0.770. The zero-order chi connectivity index (χ0) is 7.11. The first kappa shape index (κ1) is 8.23. The second-order valence-corrected chi connectivity index (χ2v) is 1.98. The van der Waals surface area contributed by atoms with Crippen LogP contribution >= 0.6 is 0 Å². The largest absolute Gasteiger partial charge is 0.193 e. The highest BCUT2D eigenvalue weighted by Crippen LogP contribution is 2.00. The van der Waals surface area contributed by atoms with Crippen LogP contribution in [-0.2, 0) is 0 Å². The van der Waals surface area contributed by atoms with Gasteiger partial charge in [0.1, 0.15) is 0 Å². The molecule has 9 heavy (non-hydrogen) atoms. The molecule has 0 fully saturated rings. The van der Waals surface area contributed by atoms with E-state index in [4.69, 9.17) is 5.26 Å². The van der Waals surface area contributed by atoms with Gasteiger partial charge < -0.3 is 0 Å². The van der Waals surface area contributed by atoms with Crippen LogP contribution in [-0.4, -0.2) is 0 Å². The van der Waals surface area contributed by atoms with Crippen molar-refractivity contribution in [2.24, 2.45) is 0 Å². The normalized spacial score (nSPS) is 11.0. The van der Waals surface area contributed by atoms with Crippen molar-refractivity contribution >= 4 is 0 Å². The third kappa shape index (κ3) is 3.78. The van der Waals surface area contributed by atoms with E-state index in [0.717, 1.165) is 24.8 Å². The smallest absolute Gasteiger partial charge is 0.0943 e. The van der Waals surface area contributed by atoms with Gasteiger partial charge in [0.15, 0.2) is 0 Å². The van der Waals surface area contributed by atoms with Gasteiger partial charge in [0.05, 0.1) is 6.07 Å². The number of nitriles is 1. The molecule has 0 spiro atoms. The molecule has 0 N–H and O–H groups in total. The van der Waals surface area contributed by atoms with Gasteiger partial charge in [0.25, 0.3) is 0 Å². The van der Waals surface area contributed by atoms with Gasteiger partial charge in [-0.3, -0.25) is 0 Å². The molecule has 0 saturated carbocycles. The molecule has 0 heterocycles. The summed E-state index contributed by atoms with van der Waals surface area (Å²) in [5.74, 6) is 0. The van der Waals surface area contributed by atoms with Crippen LogP contribution in [0.2, 0.25) is 0 Å². The minimum absolute atomic E-state index is 0.872. The average Bonchev–Trinajstić information content (AvgIpc) is 1.91. The lowest BCUT2D eigenvalue weighted by atomic mass is 10.2. The van der Waals surface area contributed by atoms with E-state index < -0.39 is 0 Å². The van der Waals surface area contributed by atoms with Crippen LogP contribution < -0.4 is 0 Å². The Balaban J connectivity index is 3.66. The van der Waals surface area contributed by atoms with E-state index in [-0.39, 0.29) is 0 Å². The molecule has 0 unspecified atom stereocenters. The predicted octanol–water partition coefficient (Wildman–Crippen LogP) is 2.65. The Labute approximate surface area is 57.0 Å². The topological polar surface area (TPSA) is 23.8 Å². The lowest BCUT2D eigenvalue weighted by molar-refractivity contribution is 0.943. The Bertz CT molecular complexity index is 128. The minimum atomic E-state index is 0.872. The monoisotopic (exact) mass is 123 g/mol. The molecule has 0 amide bonds. The third-order valence-electron chi connectivity index (χ3n) is 1.20. The molecule has 0 aliphatic heterocycles. The average molecular weight is 123 g/mol. The van der Waals surface area contributed by atoms with Crippen molar-refractivity contribution in [1.82, 2.24) is 0 Å². The van der Waals surface area contributed by atoms with Gasteiger partial charge in [0.2, 0.25) is 0 Å². The van der Waals surface area contributed by atoms with Crippen LogP contribution in [0.3, 0.4) is 0 Å².